The van der Waals surface area contributed by atoms with Gasteiger partial charge in [0.25, 0.3) is 0 Å². The number of hydrogen-bond donors (Lipinski definition) is 0. The van der Waals surface area contributed by atoms with Gasteiger partial charge in [0.2, 0.25) is 0 Å². The van der Waals surface area contributed by atoms with Gasteiger partial charge < -0.3 is 4.90 Å². The first-order valence-electron chi connectivity index (χ1n) is 7.24. The Labute approximate surface area is 121 Å². The van der Waals surface area contributed by atoms with Crippen molar-refractivity contribution in [3.8, 4) is 0 Å². The van der Waals surface area contributed by atoms with E-state index in [4.69, 9.17) is 0 Å². The molecule has 20 heavy (non-hydrogen) atoms. The minimum absolute atomic E-state index is 1.05. The van der Waals surface area contributed by atoms with Crippen molar-refractivity contribution in [3.63, 3.8) is 0 Å². The van der Waals surface area contributed by atoms with Crippen molar-refractivity contribution in [2.24, 2.45) is 0 Å². The van der Waals surface area contributed by atoms with Gasteiger partial charge >= 0.3 is 0 Å². The lowest BCUT2D eigenvalue weighted by atomic mass is 10.1. The van der Waals surface area contributed by atoms with Gasteiger partial charge in [-0.15, -0.1) is 0 Å². The van der Waals surface area contributed by atoms with Gasteiger partial charge in [-0.2, -0.15) is 0 Å². The molecule has 0 fully saturated rings. The Bertz CT molecular complexity index is 566. The van der Waals surface area contributed by atoms with E-state index in [0.29, 0.717) is 0 Å². The molecule has 0 radical (unpaired) electrons. The predicted molar refractivity (Wildman–Crippen MR) is 86.7 cm³/mol. The zero-order chi connectivity index (χ0) is 14.4. The van der Waals surface area contributed by atoms with E-state index in [9.17, 15) is 0 Å². The van der Waals surface area contributed by atoms with Crippen LogP contribution in [-0.2, 0) is 0 Å². The Hall–Kier alpha value is -2.09. The lowest BCUT2D eigenvalue weighted by Crippen LogP contribution is -2.21. The van der Waals surface area contributed by atoms with Gasteiger partial charge in [0, 0.05) is 30.4 Å². The predicted octanol–water partition coefficient (Wildman–Crippen LogP) is 3.83. The molecule has 1 aromatic heterocycles. The number of aromatic nitrogens is 1. The Morgan fingerprint density at radius 2 is 1.70 bits per heavy atom. The molecule has 0 aliphatic rings. The highest BCUT2D eigenvalue weighted by molar-refractivity contribution is 5.71. The molecular formula is C18H23N2+. The molecular weight excluding hydrogens is 244 g/mol. The van der Waals surface area contributed by atoms with E-state index < -0.39 is 0 Å². The number of rotatable bonds is 5. The molecule has 0 spiro atoms. The fraction of sp³-hybridized carbons (Fsp3) is 0.278. The van der Waals surface area contributed by atoms with Gasteiger partial charge in [0.05, 0.1) is 0 Å². The van der Waals surface area contributed by atoms with Gasteiger partial charge in [-0.1, -0.05) is 24.3 Å². The maximum absolute atomic E-state index is 3.09. The molecule has 2 heteroatoms. The fourth-order valence-corrected chi connectivity index (χ4v) is 2.28. The van der Waals surface area contributed by atoms with Crippen molar-refractivity contribution in [1.82, 2.24) is 0 Å². The van der Waals surface area contributed by atoms with E-state index in [1.807, 2.05) is 12.4 Å². The van der Waals surface area contributed by atoms with Crippen molar-refractivity contribution >= 4 is 17.8 Å². The van der Waals surface area contributed by atoms with Crippen molar-refractivity contribution in [1.29, 1.82) is 0 Å². The molecule has 0 saturated heterocycles. The van der Waals surface area contributed by atoms with E-state index in [2.05, 4.69) is 73.1 Å². The van der Waals surface area contributed by atoms with E-state index in [1.54, 1.807) is 0 Å². The highest BCUT2D eigenvalue weighted by Crippen LogP contribution is 2.17. The summed E-state index contributed by atoms with van der Waals surface area (Å²) in [4.78, 5) is 5.44. The number of pyridine rings is 1. The summed E-state index contributed by atoms with van der Waals surface area (Å²) in [5.74, 6) is 0. The molecule has 0 unspecified atom stereocenters. The molecule has 0 aliphatic carbocycles. The van der Waals surface area contributed by atoms with Gasteiger partial charge in [0.1, 0.15) is 0 Å². The van der Waals surface area contributed by atoms with E-state index in [1.165, 1.54) is 22.4 Å². The maximum atomic E-state index is 3.09. The summed E-state index contributed by atoms with van der Waals surface area (Å²) in [6, 6.07) is 10.8. The number of benzene rings is 1. The van der Waals surface area contributed by atoms with Gasteiger partial charge in [-0.05, 0) is 44.0 Å². The second-order valence-corrected chi connectivity index (χ2v) is 4.88. The molecule has 2 nitrogen and oxygen atoms in total. The molecule has 0 aliphatic heterocycles. The number of aryl methyl sites for hydroxylation is 1. The van der Waals surface area contributed by atoms with Crippen LogP contribution < -0.4 is 9.88 Å². The normalized spacial score (nSPS) is 10.9. The SMILES string of the molecule is CCN(CC)c1ccc(/C=C/c2cc[nH+]cc2C)cc1. The average molecular weight is 267 g/mol. The highest BCUT2D eigenvalue weighted by Gasteiger charge is 2.00. The molecule has 2 aromatic rings. The third-order valence-corrected chi connectivity index (χ3v) is 3.59. The Morgan fingerprint density at radius 1 is 1.00 bits per heavy atom. The summed E-state index contributed by atoms with van der Waals surface area (Å²) < 4.78 is 0. The standard InChI is InChI=1S/C18H22N2/c1-4-20(5-2)18-10-7-16(8-11-18)6-9-17-12-13-19-14-15(17)3/h6-14H,4-5H2,1-3H3/p+1/b9-6+. The molecule has 2 rings (SSSR count). The molecule has 0 atom stereocenters. The highest BCUT2D eigenvalue weighted by atomic mass is 15.1. The topological polar surface area (TPSA) is 17.4 Å². The Balaban J connectivity index is 2.13. The molecule has 0 saturated carbocycles. The van der Waals surface area contributed by atoms with Crippen LogP contribution in [0.2, 0.25) is 0 Å². The average Bonchev–Trinajstić information content (AvgIpc) is 2.49. The molecule has 1 aromatic carbocycles. The number of hydrogen-bond acceptors (Lipinski definition) is 1. The van der Waals surface area contributed by atoms with Crippen LogP contribution in [0.4, 0.5) is 5.69 Å². The zero-order valence-corrected chi connectivity index (χ0v) is 12.6. The van der Waals surface area contributed by atoms with Crippen LogP contribution in [0.1, 0.15) is 30.5 Å². The van der Waals surface area contributed by atoms with Crippen molar-refractivity contribution in [2.45, 2.75) is 20.8 Å². The monoisotopic (exact) mass is 267 g/mol. The maximum Gasteiger partial charge on any atom is 0.170 e. The minimum Gasteiger partial charge on any atom is -0.372 e. The molecule has 1 N–H and O–H groups in total. The second kappa shape index (κ2) is 6.90. The molecule has 104 valence electrons. The van der Waals surface area contributed by atoms with Crippen molar-refractivity contribution < 1.29 is 4.98 Å². The van der Waals surface area contributed by atoms with Gasteiger partial charge in [-0.25, -0.2) is 4.98 Å². The van der Waals surface area contributed by atoms with Crippen LogP contribution in [-0.4, -0.2) is 13.1 Å². The summed E-state index contributed by atoms with van der Waals surface area (Å²) in [6.45, 7) is 8.58. The largest absolute Gasteiger partial charge is 0.372 e. The third-order valence-electron chi connectivity index (χ3n) is 3.59. The zero-order valence-electron chi connectivity index (χ0n) is 12.6. The number of anilines is 1. The van der Waals surface area contributed by atoms with Crippen LogP contribution in [0.5, 0.6) is 0 Å². The summed E-state index contributed by atoms with van der Waals surface area (Å²) in [6.07, 6.45) is 8.29. The molecule has 0 amide bonds. The van der Waals surface area contributed by atoms with E-state index in [-0.39, 0.29) is 0 Å². The third kappa shape index (κ3) is 3.47. The lowest BCUT2D eigenvalue weighted by molar-refractivity contribution is -0.378. The first-order valence-corrected chi connectivity index (χ1v) is 7.24. The first kappa shape index (κ1) is 14.3. The van der Waals surface area contributed by atoms with Crippen molar-refractivity contribution in [2.75, 3.05) is 18.0 Å². The van der Waals surface area contributed by atoms with Gasteiger partial charge in [-0.3, -0.25) is 0 Å². The second-order valence-electron chi connectivity index (χ2n) is 4.88. The van der Waals surface area contributed by atoms with E-state index in [0.717, 1.165) is 13.1 Å². The van der Waals surface area contributed by atoms with Crippen molar-refractivity contribution in [3.05, 3.63) is 59.4 Å². The summed E-state index contributed by atoms with van der Waals surface area (Å²) in [5, 5.41) is 0. The lowest BCUT2D eigenvalue weighted by Gasteiger charge is -2.20. The molecule has 0 bridgehead atoms. The number of H-pyrrole nitrogens is 1. The van der Waals surface area contributed by atoms with Crippen LogP contribution >= 0.6 is 0 Å². The molecule has 1 heterocycles. The first-order chi connectivity index (χ1) is 9.74. The summed E-state index contributed by atoms with van der Waals surface area (Å²) >= 11 is 0. The number of aromatic amines is 1. The Morgan fingerprint density at radius 3 is 2.30 bits per heavy atom. The smallest absolute Gasteiger partial charge is 0.170 e. The quantitative estimate of drug-likeness (QED) is 0.805. The number of nitrogens with zero attached hydrogens (tertiary/aromatic N) is 1. The van der Waals surface area contributed by atoms with Crippen LogP contribution in [0.15, 0.2) is 42.7 Å². The Kier molecular flexibility index (Phi) is 4.94. The summed E-state index contributed by atoms with van der Waals surface area (Å²) in [5.41, 5.74) is 5.02. The van der Waals surface area contributed by atoms with Crippen LogP contribution in [0.25, 0.3) is 12.2 Å². The fourth-order valence-electron chi connectivity index (χ4n) is 2.28. The van der Waals surface area contributed by atoms with Crippen LogP contribution in [0.3, 0.4) is 0 Å². The van der Waals surface area contributed by atoms with Gasteiger partial charge in [0.15, 0.2) is 12.4 Å². The summed E-state index contributed by atoms with van der Waals surface area (Å²) in [7, 11) is 0. The minimum atomic E-state index is 1.05. The van der Waals surface area contributed by atoms with E-state index >= 15 is 0 Å². The van der Waals surface area contributed by atoms with Crippen LogP contribution in [0, 0.1) is 6.92 Å². The number of nitrogens with one attached hydrogen (secondary N) is 1.